The van der Waals surface area contributed by atoms with Crippen LogP contribution in [0.1, 0.15) is 35.1 Å². The fraction of sp³-hybridized carbons (Fsp3) is 0.261. The standard InChI is InChI=1S/C23H23ClN2O/c24-22-5-3-4-21(16-22)23(27,20-10-12-25-13-11-20)19-8-6-18(7-9-19)17-26-14-1-2-15-26/h3-13,16,27H,1-2,14-15,17H2. The van der Waals surface area contributed by atoms with Crippen molar-refractivity contribution < 1.29 is 5.11 Å². The Morgan fingerprint density at radius 2 is 1.56 bits per heavy atom. The van der Waals surface area contributed by atoms with Gasteiger partial charge in [0.15, 0.2) is 0 Å². The minimum absolute atomic E-state index is 0.602. The lowest BCUT2D eigenvalue weighted by molar-refractivity contribution is 0.125. The first kappa shape index (κ1) is 18.2. The van der Waals surface area contributed by atoms with E-state index in [1.807, 2.05) is 48.5 Å². The third-order valence-corrected chi connectivity index (χ3v) is 5.55. The quantitative estimate of drug-likeness (QED) is 0.704. The van der Waals surface area contributed by atoms with Crippen LogP contribution in [0.4, 0.5) is 0 Å². The lowest BCUT2D eigenvalue weighted by Crippen LogP contribution is -2.29. The molecule has 2 heterocycles. The van der Waals surface area contributed by atoms with E-state index in [-0.39, 0.29) is 0 Å². The molecule has 0 bridgehead atoms. The molecule has 0 aliphatic carbocycles. The Labute approximate surface area is 165 Å². The van der Waals surface area contributed by atoms with Crippen molar-refractivity contribution in [1.82, 2.24) is 9.88 Å². The van der Waals surface area contributed by atoms with Crippen LogP contribution in [0.15, 0.2) is 73.1 Å². The van der Waals surface area contributed by atoms with E-state index in [2.05, 4.69) is 22.0 Å². The zero-order valence-electron chi connectivity index (χ0n) is 15.2. The van der Waals surface area contributed by atoms with E-state index < -0.39 is 5.60 Å². The summed E-state index contributed by atoms with van der Waals surface area (Å²) in [6.45, 7) is 3.31. The summed E-state index contributed by atoms with van der Waals surface area (Å²) in [6.07, 6.45) is 5.97. The number of halogens is 1. The predicted molar refractivity (Wildman–Crippen MR) is 109 cm³/mol. The molecule has 1 atom stereocenters. The SMILES string of the molecule is OC(c1ccncc1)(c1ccc(CN2CCCC2)cc1)c1cccc(Cl)c1. The molecule has 1 aliphatic heterocycles. The predicted octanol–water partition coefficient (Wildman–Crippen LogP) is 4.62. The molecule has 4 heteroatoms. The molecule has 2 aromatic carbocycles. The fourth-order valence-corrected chi connectivity index (χ4v) is 4.05. The Hall–Kier alpha value is -2.20. The summed E-state index contributed by atoms with van der Waals surface area (Å²) >= 11 is 6.22. The van der Waals surface area contributed by atoms with Crippen LogP contribution in [-0.2, 0) is 12.1 Å². The van der Waals surface area contributed by atoms with Crippen LogP contribution in [0.3, 0.4) is 0 Å². The maximum atomic E-state index is 11.8. The number of pyridine rings is 1. The van der Waals surface area contributed by atoms with Gasteiger partial charge in [-0.25, -0.2) is 0 Å². The smallest absolute Gasteiger partial charge is 0.140 e. The largest absolute Gasteiger partial charge is 0.376 e. The monoisotopic (exact) mass is 378 g/mol. The Morgan fingerprint density at radius 3 is 2.22 bits per heavy atom. The van der Waals surface area contributed by atoms with Gasteiger partial charge in [0.25, 0.3) is 0 Å². The van der Waals surface area contributed by atoms with Gasteiger partial charge in [-0.2, -0.15) is 0 Å². The molecule has 1 aromatic heterocycles. The highest BCUT2D eigenvalue weighted by Gasteiger charge is 2.34. The van der Waals surface area contributed by atoms with Crippen LogP contribution in [0.25, 0.3) is 0 Å². The van der Waals surface area contributed by atoms with Crippen molar-refractivity contribution in [3.8, 4) is 0 Å². The van der Waals surface area contributed by atoms with Crippen molar-refractivity contribution in [2.45, 2.75) is 25.0 Å². The number of benzene rings is 2. The summed E-state index contributed by atoms with van der Waals surface area (Å²) in [7, 11) is 0. The third-order valence-electron chi connectivity index (χ3n) is 5.32. The van der Waals surface area contributed by atoms with Gasteiger partial charge in [-0.3, -0.25) is 9.88 Å². The van der Waals surface area contributed by atoms with Crippen molar-refractivity contribution in [3.63, 3.8) is 0 Å². The summed E-state index contributed by atoms with van der Waals surface area (Å²) < 4.78 is 0. The van der Waals surface area contributed by atoms with Gasteiger partial charge in [0, 0.05) is 24.0 Å². The molecule has 3 nitrogen and oxygen atoms in total. The molecule has 0 saturated carbocycles. The first-order valence-electron chi connectivity index (χ1n) is 9.37. The Kier molecular flexibility index (Phi) is 5.26. The number of rotatable bonds is 5. The second-order valence-corrected chi connectivity index (χ2v) is 7.57. The van der Waals surface area contributed by atoms with E-state index in [9.17, 15) is 5.11 Å². The first-order chi connectivity index (χ1) is 13.2. The van der Waals surface area contributed by atoms with E-state index in [1.54, 1.807) is 12.4 Å². The van der Waals surface area contributed by atoms with Gasteiger partial charge < -0.3 is 5.11 Å². The number of nitrogens with zero attached hydrogens (tertiary/aromatic N) is 2. The molecule has 3 aromatic rings. The second kappa shape index (κ2) is 7.81. The van der Waals surface area contributed by atoms with Gasteiger partial charge in [0.1, 0.15) is 5.60 Å². The average molecular weight is 379 g/mol. The van der Waals surface area contributed by atoms with Gasteiger partial charge in [-0.1, -0.05) is 48.0 Å². The zero-order chi connectivity index (χ0) is 18.7. The van der Waals surface area contributed by atoms with Crippen molar-refractivity contribution in [1.29, 1.82) is 0 Å². The van der Waals surface area contributed by atoms with Crippen LogP contribution < -0.4 is 0 Å². The lowest BCUT2D eigenvalue weighted by atomic mass is 9.80. The van der Waals surface area contributed by atoms with E-state index in [0.717, 1.165) is 23.2 Å². The molecule has 0 spiro atoms. The van der Waals surface area contributed by atoms with E-state index in [1.165, 1.54) is 31.5 Å². The van der Waals surface area contributed by atoms with Crippen LogP contribution in [0, 0.1) is 0 Å². The Balaban J connectivity index is 1.72. The maximum Gasteiger partial charge on any atom is 0.140 e. The molecule has 0 amide bonds. The number of aliphatic hydroxyl groups is 1. The molecular weight excluding hydrogens is 356 g/mol. The van der Waals surface area contributed by atoms with Crippen molar-refractivity contribution in [2.24, 2.45) is 0 Å². The number of hydrogen-bond acceptors (Lipinski definition) is 3. The first-order valence-corrected chi connectivity index (χ1v) is 9.75. The van der Waals surface area contributed by atoms with E-state index in [0.29, 0.717) is 5.02 Å². The fourth-order valence-electron chi connectivity index (χ4n) is 3.86. The molecule has 1 N–H and O–H groups in total. The number of aromatic nitrogens is 1. The minimum Gasteiger partial charge on any atom is -0.376 e. The molecule has 0 radical (unpaired) electrons. The minimum atomic E-state index is -1.28. The summed E-state index contributed by atoms with van der Waals surface area (Å²) in [5.41, 5.74) is 2.32. The van der Waals surface area contributed by atoms with Gasteiger partial charge in [-0.15, -0.1) is 0 Å². The average Bonchev–Trinajstić information content (AvgIpc) is 3.22. The van der Waals surface area contributed by atoms with Crippen LogP contribution >= 0.6 is 11.6 Å². The lowest BCUT2D eigenvalue weighted by Gasteiger charge is -2.30. The molecule has 1 aliphatic rings. The van der Waals surface area contributed by atoms with Crippen LogP contribution in [0.2, 0.25) is 5.02 Å². The molecule has 1 fully saturated rings. The zero-order valence-corrected chi connectivity index (χ0v) is 15.9. The van der Waals surface area contributed by atoms with Gasteiger partial charge >= 0.3 is 0 Å². The number of likely N-dealkylation sites (tertiary alicyclic amines) is 1. The molecule has 1 unspecified atom stereocenters. The second-order valence-electron chi connectivity index (χ2n) is 7.14. The van der Waals surface area contributed by atoms with Gasteiger partial charge in [0.2, 0.25) is 0 Å². The Bertz CT molecular complexity index is 892. The highest BCUT2D eigenvalue weighted by molar-refractivity contribution is 6.30. The van der Waals surface area contributed by atoms with Crippen molar-refractivity contribution in [2.75, 3.05) is 13.1 Å². The molecule has 27 heavy (non-hydrogen) atoms. The van der Waals surface area contributed by atoms with Crippen molar-refractivity contribution in [3.05, 3.63) is 100 Å². The van der Waals surface area contributed by atoms with Crippen LogP contribution in [-0.4, -0.2) is 28.1 Å². The molecule has 4 rings (SSSR count). The van der Waals surface area contributed by atoms with E-state index >= 15 is 0 Å². The highest BCUT2D eigenvalue weighted by Crippen LogP contribution is 2.37. The third kappa shape index (κ3) is 3.77. The molecule has 1 saturated heterocycles. The van der Waals surface area contributed by atoms with Gasteiger partial charge in [0.05, 0.1) is 0 Å². The molecule has 138 valence electrons. The van der Waals surface area contributed by atoms with Crippen molar-refractivity contribution >= 4 is 11.6 Å². The van der Waals surface area contributed by atoms with Crippen LogP contribution in [0.5, 0.6) is 0 Å². The normalized spacial score (nSPS) is 17.0. The summed E-state index contributed by atoms with van der Waals surface area (Å²) in [5.74, 6) is 0. The maximum absolute atomic E-state index is 11.8. The summed E-state index contributed by atoms with van der Waals surface area (Å²) in [5, 5.41) is 12.4. The molecular formula is C23H23ClN2O. The number of hydrogen-bond donors (Lipinski definition) is 1. The highest BCUT2D eigenvalue weighted by atomic mass is 35.5. The summed E-state index contributed by atoms with van der Waals surface area (Å²) in [4.78, 5) is 6.57. The summed E-state index contributed by atoms with van der Waals surface area (Å²) in [6, 6.07) is 19.4. The Morgan fingerprint density at radius 1 is 0.889 bits per heavy atom. The van der Waals surface area contributed by atoms with E-state index in [4.69, 9.17) is 11.6 Å². The topological polar surface area (TPSA) is 36.4 Å². The van der Waals surface area contributed by atoms with Gasteiger partial charge in [-0.05, 0) is 72.5 Å².